The molecule has 3 heterocycles. The van der Waals surface area contributed by atoms with Crippen LogP contribution in [0.15, 0.2) is 0 Å². The first-order valence-corrected chi connectivity index (χ1v) is 9.83. The van der Waals surface area contributed by atoms with Gasteiger partial charge in [0, 0.05) is 38.8 Å². The van der Waals surface area contributed by atoms with Crippen molar-refractivity contribution in [1.29, 1.82) is 0 Å². The number of hydrogen-bond donors (Lipinski definition) is 2. The number of carbonyl (C=O) groups is 1. The first-order valence-electron chi connectivity index (χ1n) is 9.01. The Hall–Kier alpha value is -1.18. The van der Waals surface area contributed by atoms with Gasteiger partial charge in [-0.15, -0.1) is 0 Å². The van der Waals surface area contributed by atoms with Gasteiger partial charge in [-0.25, -0.2) is 4.98 Å². The second-order valence-electron chi connectivity index (χ2n) is 6.65. The second-order valence-corrected chi connectivity index (χ2v) is 7.65. The van der Waals surface area contributed by atoms with E-state index in [2.05, 4.69) is 20.5 Å². The van der Waals surface area contributed by atoms with E-state index in [1.165, 1.54) is 24.2 Å². The van der Waals surface area contributed by atoms with Crippen molar-refractivity contribution < 1.29 is 9.53 Å². The molecule has 0 radical (unpaired) electrons. The van der Waals surface area contributed by atoms with Crippen molar-refractivity contribution in [3.8, 4) is 0 Å². The molecule has 7 heteroatoms. The molecule has 0 bridgehead atoms. The average Bonchev–Trinajstić information content (AvgIpc) is 3.19. The Kier molecular flexibility index (Phi) is 6.08. The number of carbonyl (C=O) groups excluding carboxylic acids is 1. The molecule has 24 heavy (non-hydrogen) atoms. The molecule has 0 aromatic carbocycles. The van der Waals surface area contributed by atoms with E-state index in [0.717, 1.165) is 61.3 Å². The zero-order valence-corrected chi connectivity index (χ0v) is 15.5. The Labute approximate surface area is 148 Å². The maximum Gasteiger partial charge on any atom is 0.263 e. The minimum atomic E-state index is 0.0201. The number of anilines is 1. The Morgan fingerprint density at radius 3 is 2.83 bits per heavy atom. The molecule has 0 spiro atoms. The van der Waals surface area contributed by atoms with E-state index in [1.807, 2.05) is 13.8 Å². The molecular weight excluding hydrogens is 324 g/mol. The predicted octanol–water partition coefficient (Wildman–Crippen LogP) is 2.26. The van der Waals surface area contributed by atoms with Crippen LogP contribution in [0.4, 0.5) is 5.13 Å². The number of ether oxygens (including phenoxy) is 1. The van der Waals surface area contributed by atoms with Crippen LogP contribution in [0.25, 0.3) is 0 Å². The van der Waals surface area contributed by atoms with E-state index in [1.54, 1.807) is 0 Å². The quantitative estimate of drug-likeness (QED) is 0.822. The van der Waals surface area contributed by atoms with E-state index >= 15 is 0 Å². The van der Waals surface area contributed by atoms with Gasteiger partial charge in [-0.1, -0.05) is 11.3 Å². The number of amides is 1. The first-order chi connectivity index (χ1) is 11.7. The normalized spacial score (nSPS) is 22.7. The summed E-state index contributed by atoms with van der Waals surface area (Å²) in [6, 6.07) is 0.266. The molecule has 1 aromatic heterocycles. The third kappa shape index (κ3) is 4.46. The van der Waals surface area contributed by atoms with Crippen molar-refractivity contribution >= 4 is 22.4 Å². The summed E-state index contributed by atoms with van der Waals surface area (Å²) in [5.74, 6) is 0.0201. The summed E-state index contributed by atoms with van der Waals surface area (Å²) >= 11 is 1.44. The minimum Gasteiger partial charge on any atom is -0.377 e. The number of thiazole rings is 1. The van der Waals surface area contributed by atoms with Gasteiger partial charge in [-0.3, -0.25) is 4.79 Å². The number of aryl methyl sites for hydroxylation is 1. The summed E-state index contributed by atoms with van der Waals surface area (Å²) in [6.45, 7) is 8.78. The molecule has 3 rings (SSSR count). The highest BCUT2D eigenvalue weighted by atomic mass is 32.1. The van der Waals surface area contributed by atoms with Crippen molar-refractivity contribution in [3.63, 3.8) is 0 Å². The SMILES string of the molecule is CCNc1nc(C)c(C(=O)NC2CCN(C[C@@H]3CCCO3)CC2)s1. The van der Waals surface area contributed by atoms with Crippen molar-refractivity contribution in [1.82, 2.24) is 15.2 Å². The summed E-state index contributed by atoms with van der Waals surface area (Å²) < 4.78 is 5.72. The lowest BCUT2D eigenvalue weighted by molar-refractivity contribution is 0.0613. The number of aromatic nitrogens is 1. The van der Waals surface area contributed by atoms with Gasteiger partial charge < -0.3 is 20.3 Å². The molecule has 2 aliphatic heterocycles. The monoisotopic (exact) mass is 352 g/mol. The van der Waals surface area contributed by atoms with Crippen molar-refractivity contribution in [3.05, 3.63) is 10.6 Å². The molecule has 1 amide bonds. The molecule has 134 valence electrons. The van der Waals surface area contributed by atoms with Crippen LogP contribution in [0.3, 0.4) is 0 Å². The molecule has 6 nitrogen and oxygen atoms in total. The van der Waals surface area contributed by atoms with Crippen LogP contribution in [-0.4, -0.2) is 60.7 Å². The first kappa shape index (κ1) is 17.6. The van der Waals surface area contributed by atoms with E-state index in [0.29, 0.717) is 6.10 Å². The van der Waals surface area contributed by atoms with Crippen LogP contribution >= 0.6 is 11.3 Å². The van der Waals surface area contributed by atoms with Crippen LogP contribution in [0.2, 0.25) is 0 Å². The Morgan fingerprint density at radius 2 is 2.17 bits per heavy atom. The molecule has 1 aromatic rings. The standard InChI is InChI=1S/C17H28N4O2S/c1-3-18-17-19-12(2)15(24-17)16(22)20-13-6-8-21(9-7-13)11-14-5-4-10-23-14/h13-14H,3-11H2,1-2H3,(H,18,19)(H,20,22)/t14-/m0/s1. The van der Waals surface area contributed by atoms with Gasteiger partial charge in [0.15, 0.2) is 5.13 Å². The highest BCUT2D eigenvalue weighted by Crippen LogP contribution is 2.23. The van der Waals surface area contributed by atoms with E-state index < -0.39 is 0 Å². The van der Waals surface area contributed by atoms with E-state index in [9.17, 15) is 4.79 Å². The summed E-state index contributed by atoms with van der Waals surface area (Å²) in [7, 11) is 0. The fourth-order valence-corrected chi connectivity index (χ4v) is 4.36. The van der Waals surface area contributed by atoms with Gasteiger partial charge in [0.2, 0.25) is 0 Å². The van der Waals surface area contributed by atoms with Crippen molar-refractivity contribution in [2.45, 2.75) is 51.7 Å². The average molecular weight is 353 g/mol. The molecule has 1 atom stereocenters. The largest absolute Gasteiger partial charge is 0.377 e. The lowest BCUT2D eigenvalue weighted by Gasteiger charge is -2.33. The predicted molar refractivity (Wildman–Crippen MR) is 96.9 cm³/mol. The Morgan fingerprint density at radius 1 is 1.38 bits per heavy atom. The topological polar surface area (TPSA) is 66.5 Å². The van der Waals surface area contributed by atoms with Gasteiger partial charge in [-0.05, 0) is 39.5 Å². The summed E-state index contributed by atoms with van der Waals surface area (Å²) in [4.78, 5) is 20.1. The number of likely N-dealkylation sites (tertiary alicyclic amines) is 1. The van der Waals surface area contributed by atoms with Gasteiger partial charge in [0.05, 0.1) is 11.8 Å². The van der Waals surface area contributed by atoms with Crippen LogP contribution in [-0.2, 0) is 4.74 Å². The molecule has 2 N–H and O–H groups in total. The zero-order chi connectivity index (χ0) is 16.9. The lowest BCUT2D eigenvalue weighted by Crippen LogP contribution is -2.46. The molecule has 0 aliphatic carbocycles. The summed E-state index contributed by atoms with van der Waals surface area (Å²) in [6.07, 6.45) is 4.82. The lowest BCUT2D eigenvalue weighted by atomic mass is 10.0. The molecule has 0 saturated carbocycles. The van der Waals surface area contributed by atoms with Gasteiger partial charge in [0.25, 0.3) is 5.91 Å². The number of rotatable bonds is 6. The number of piperidine rings is 1. The smallest absolute Gasteiger partial charge is 0.263 e. The van der Waals surface area contributed by atoms with E-state index in [-0.39, 0.29) is 11.9 Å². The van der Waals surface area contributed by atoms with Crippen LogP contribution in [0, 0.1) is 6.92 Å². The third-order valence-electron chi connectivity index (χ3n) is 4.74. The third-order valence-corrected chi connectivity index (χ3v) is 5.85. The van der Waals surface area contributed by atoms with Crippen LogP contribution in [0.5, 0.6) is 0 Å². The molecular formula is C17H28N4O2S. The van der Waals surface area contributed by atoms with Crippen LogP contribution < -0.4 is 10.6 Å². The second kappa shape index (κ2) is 8.27. The minimum absolute atomic E-state index is 0.0201. The van der Waals surface area contributed by atoms with Crippen molar-refractivity contribution in [2.24, 2.45) is 0 Å². The molecule has 2 saturated heterocycles. The van der Waals surface area contributed by atoms with E-state index in [4.69, 9.17) is 4.74 Å². The maximum absolute atomic E-state index is 12.5. The molecule has 0 unspecified atom stereocenters. The highest BCUT2D eigenvalue weighted by molar-refractivity contribution is 7.17. The van der Waals surface area contributed by atoms with Gasteiger partial charge >= 0.3 is 0 Å². The molecule has 2 aliphatic rings. The van der Waals surface area contributed by atoms with Gasteiger partial charge in [-0.2, -0.15) is 0 Å². The highest BCUT2D eigenvalue weighted by Gasteiger charge is 2.25. The maximum atomic E-state index is 12.5. The fourth-order valence-electron chi connectivity index (χ4n) is 3.42. The fraction of sp³-hybridized carbons (Fsp3) is 0.765. The number of nitrogens with one attached hydrogen (secondary N) is 2. The molecule has 2 fully saturated rings. The zero-order valence-electron chi connectivity index (χ0n) is 14.6. The summed E-state index contributed by atoms with van der Waals surface area (Å²) in [5.41, 5.74) is 0.810. The number of nitrogens with zero attached hydrogens (tertiary/aromatic N) is 2. The van der Waals surface area contributed by atoms with Crippen LogP contribution in [0.1, 0.15) is 48.0 Å². The van der Waals surface area contributed by atoms with Gasteiger partial charge in [0.1, 0.15) is 4.88 Å². The Bertz CT molecular complexity index is 549. The van der Waals surface area contributed by atoms with Crippen molar-refractivity contribution in [2.75, 3.05) is 38.1 Å². The Balaban J connectivity index is 1.46. The number of hydrogen-bond acceptors (Lipinski definition) is 6. The summed E-state index contributed by atoms with van der Waals surface area (Å²) in [5, 5.41) is 7.19.